The van der Waals surface area contributed by atoms with Crippen LogP contribution in [-0.4, -0.2) is 18.4 Å². The molecule has 0 unspecified atom stereocenters. The monoisotopic (exact) mass is 184 g/mol. The Morgan fingerprint density at radius 1 is 1.58 bits per heavy atom. The first-order chi connectivity index (χ1) is 5.75. The summed E-state index contributed by atoms with van der Waals surface area (Å²) in [6, 6.07) is 1.60. The van der Waals surface area contributed by atoms with Crippen LogP contribution >= 0.6 is 11.3 Å². The van der Waals surface area contributed by atoms with Crippen LogP contribution in [0, 0.1) is 0 Å². The summed E-state index contributed by atoms with van der Waals surface area (Å²) in [5.74, 6) is -1.35. The lowest BCUT2D eigenvalue weighted by Crippen LogP contribution is -2.16. The topological polar surface area (TPSA) is 43.4 Å². The van der Waals surface area contributed by atoms with Crippen molar-refractivity contribution in [3.8, 4) is 0 Å². The van der Waals surface area contributed by atoms with Crippen LogP contribution in [-0.2, 0) is 9.53 Å². The molecule has 0 fully saturated rings. The first-order valence-corrected chi connectivity index (χ1v) is 4.43. The second-order valence-corrected chi connectivity index (χ2v) is 2.84. The lowest BCUT2D eigenvalue weighted by molar-refractivity contribution is -0.137. The number of thiophene rings is 1. The smallest absolute Gasteiger partial charge is 0.379 e. The fourth-order valence-electron chi connectivity index (χ4n) is 0.708. The van der Waals surface area contributed by atoms with E-state index in [4.69, 9.17) is 0 Å². The molecular formula is C8H8O3S. The minimum Gasteiger partial charge on any atom is -0.460 e. The third-order valence-corrected chi connectivity index (χ3v) is 1.93. The summed E-state index contributed by atoms with van der Waals surface area (Å²) in [5.41, 5.74) is 0.401. The highest BCUT2D eigenvalue weighted by atomic mass is 32.1. The number of hydrogen-bond acceptors (Lipinski definition) is 4. The molecule has 12 heavy (non-hydrogen) atoms. The molecular weight excluding hydrogens is 176 g/mol. The summed E-state index contributed by atoms with van der Waals surface area (Å²) >= 11 is 1.37. The Hall–Kier alpha value is -1.16. The minimum atomic E-state index is -0.782. The van der Waals surface area contributed by atoms with Crippen molar-refractivity contribution in [3.63, 3.8) is 0 Å². The third kappa shape index (κ3) is 1.92. The Balaban J connectivity index is 2.66. The quantitative estimate of drug-likeness (QED) is 0.406. The van der Waals surface area contributed by atoms with Crippen LogP contribution in [0.1, 0.15) is 17.3 Å². The average molecular weight is 184 g/mol. The lowest BCUT2D eigenvalue weighted by atomic mass is 10.2. The molecule has 1 rings (SSSR count). The molecule has 0 amide bonds. The van der Waals surface area contributed by atoms with Crippen molar-refractivity contribution in [2.24, 2.45) is 0 Å². The first-order valence-electron chi connectivity index (χ1n) is 3.49. The summed E-state index contributed by atoms with van der Waals surface area (Å²) in [4.78, 5) is 22.0. The van der Waals surface area contributed by atoms with E-state index >= 15 is 0 Å². The summed E-state index contributed by atoms with van der Waals surface area (Å²) in [7, 11) is 0. The van der Waals surface area contributed by atoms with Gasteiger partial charge >= 0.3 is 5.97 Å². The Labute approximate surface area is 74.0 Å². The van der Waals surface area contributed by atoms with Crippen LogP contribution in [0.2, 0.25) is 0 Å². The zero-order valence-electron chi connectivity index (χ0n) is 6.57. The van der Waals surface area contributed by atoms with E-state index in [2.05, 4.69) is 4.74 Å². The molecule has 1 aromatic rings. The predicted molar refractivity (Wildman–Crippen MR) is 45.3 cm³/mol. The van der Waals surface area contributed by atoms with E-state index in [0.29, 0.717) is 5.56 Å². The molecule has 0 bridgehead atoms. The third-order valence-electron chi connectivity index (χ3n) is 1.24. The Morgan fingerprint density at radius 2 is 2.33 bits per heavy atom. The number of ketones is 1. The number of carbonyl (C=O) groups is 2. The maximum atomic E-state index is 11.1. The van der Waals surface area contributed by atoms with Gasteiger partial charge in [-0.15, -0.1) is 0 Å². The van der Waals surface area contributed by atoms with Gasteiger partial charge in [0.25, 0.3) is 5.78 Å². The Kier molecular flexibility index (Phi) is 2.99. The van der Waals surface area contributed by atoms with Gasteiger partial charge in [-0.3, -0.25) is 4.79 Å². The van der Waals surface area contributed by atoms with E-state index in [1.165, 1.54) is 11.3 Å². The molecule has 0 aromatic carbocycles. The molecule has 0 atom stereocenters. The number of carbonyl (C=O) groups excluding carboxylic acids is 2. The fourth-order valence-corrected chi connectivity index (χ4v) is 1.34. The molecule has 0 spiro atoms. The fraction of sp³-hybridized carbons (Fsp3) is 0.250. The van der Waals surface area contributed by atoms with Crippen molar-refractivity contribution in [1.29, 1.82) is 0 Å². The maximum absolute atomic E-state index is 11.1. The Bertz CT molecular complexity index is 277. The average Bonchev–Trinajstić information content (AvgIpc) is 2.55. The lowest BCUT2D eigenvalue weighted by Gasteiger charge is -1.97. The highest BCUT2D eigenvalue weighted by molar-refractivity contribution is 7.08. The van der Waals surface area contributed by atoms with Gasteiger partial charge in [0.2, 0.25) is 0 Å². The minimum absolute atomic E-state index is 0.231. The molecule has 0 aliphatic carbocycles. The standard InChI is InChI=1S/C8H8O3S/c1-2-11-8(10)7(9)6-3-4-12-5-6/h3-5H,2H2,1H3. The van der Waals surface area contributed by atoms with Crippen molar-refractivity contribution in [2.75, 3.05) is 6.61 Å². The number of ether oxygens (including phenoxy) is 1. The normalized spacial score (nSPS) is 9.42. The van der Waals surface area contributed by atoms with E-state index in [1.807, 2.05) is 0 Å². The van der Waals surface area contributed by atoms with Gasteiger partial charge in [-0.1, -0.05) is 0 Å². The summed E-state index contributed by atoms with van der Waals surface area (Å²) in [6.07, 6.45) is 0. The molecule has 1 aromatic heterocycles. The molecule has 1 heterocycles. The van der Waals surface area contributed by atoms with Crippen LogP contribution in [0.15, 0.2) is 16.8 Å². The molecule has 0 aliphatic rings. The van der Waals surface area contributed by atoms with Crippen molar-refractivity contribution in [3.05, 3.63) is 22.4 Å². The summed E-state index contributed by atoms with van der Waals surface area (Å²) in [6.45, 7) is 1.90. The van der Waals surface area contributed by atoms with E-state index in [0.717, 1.165) is 0 Å². The van der Waals surface area contributed by atoms with E-state index in [9.17, 15) is 9.59 Å². The van der Waals surface area contributed by atoms with Crippen LogP contribution in [0.3, 0.4) is 0 Å². The Morgan fingerprint density at radius 3 is 2.83 bits per heavy atom. The zero-order valence-corrected chi connectivity index (χ0v) is 7.39. The largest absolute Gasteiger partial charge is 0.460 e. The highest BCUT2D eigenvalue weighted by Gasteiger charge is 2.16. The van der Waals surface area contributed by atoms with Crippen molar-refractivity contribution in [1.82, 2.24) is 0 Å². The van der Waals surface area contributed by atoms with Crippen LogP contribution in [0.4, 0.5) is 0 Å². The molecule has 0 aliphatic heterocycles. The van der Waals surface area contributed by atoms with Crippen molar-refractivity contribution in [2.45, 2.75) is 6.92 Å². The maximum Gasteiger partial charge on any atom is 0.379 e. The highest BCUT2D eigenvalue weighted by Crippen LogP contribution is 2.07. The van der Waals surface area contributed by atoms with Gasteiger partial charge in [-0.2, -0.15) is 11.3 Å². The van der Waals surface area contributed by atoms with E-state index in [-0.39, 0.29) is 6.61 Å². The molecule has 0 saturated heterocycles. The second kappa shape index (κ2) is 4.01. The van der Waals surface area contributed by atoms with Crippen molar-refractivity contribution >= 4 is 23.1 Å². The molecule has 4 heteroatoms. The number of esters is 1. The van der Waals surface area contributed by atoms with Gasteiger partial charge in [0.1, 0.15) is 0 Å². The van der Waals surface area contributed by atoms with Crippen LogP contribution < -0.4 is 0 Å². The summed E-state index contributed by atoms with van der Waals surface area (Å²) < 4.78 is 4.54. The van der Waals surface area contributed by atoms with Gasteiger partial charge in [-0.05, 0) is 18.4 Å². The van der Waals surface area contributed by atoms with Gasteiger partial charge in [0.05, 0.1) is 6.61 Å². The van der Waals surface area contributed by atoms with Gasteiger partial charge in [0, 0.05) is 10.9 Å². The second-order valence-electron chi connectivity index (χ2n) is 2.06. The molecule has 0 radical (unpaired) electrons. The number of Topliss-reactive ketones (excluding diaryl/α,β-unsaturated/α-hetero) is 1. The summed E-state index contributed by atoms with van der Waals surface area (Å²) in [5, 5.41) is 3.37. The number of rotatable bonds is 3. The zero-order chi connectivity index (χ0) is 8.97. The molecule has 0 saturated carbocycles. The van der Waals surface area contributed by atoms with Gasteiger partial charge < -0.3 is 4.74 Å². The molecule has 3 nitrogen and oxygen atoms in total. The number of hydrogen-bond donors (Lipinski definition) is 0. The molecule has 0 N–H and O–H groups in total. The van der Waals surface area contributed by atoms with Gasteiger partial charge in [0.15, 0.2) is 0 Å². The van der Waals surface area contributed by atoms with E-state index < -0.39 is 11.8 Å². The predicted octanol–water partition coefficient (Wildman–Crippen LogP) is 1.49. The van der Waals surface area contributed by atoms with Crippen molar-refractivity contribution < 1.29 is 14.3 Å². The van der Waals surface area contributed by atoms with Gasteiger partial charge in [-0.25, -0.2) is 4.79 Å². The van der Waals surface area contributed by atoms with Crippen LogP contribution in [0.5, 0.6) is 0 Å². The SMILES string of the molecule is CCOC(=O)C(=O)c1ccsc1. The first kappa shape index (κ1) is 8.93. The van der Waals surface area contributed by atoms with Crippen LogP contribution in [0.25, 0.3) is 0 Å². The molecule has 64 valence electrons. The van der Waals surface area contributed by atoms with E-state index in [1.54, 1.807) is 23.8 Å².